The molecular weight excluding hydrogens is 482 g/mol. The summed E-state index contributed by atoms with van der Waals surface area (Å²) in [5, 5.41) is 3.58. The molecule has 196 valence electrons. The molecule has 3 aliphatic heterocycles. The fraction of sp³-hybridized carbons (Fsp3) is 0.448. The van der Waals surface area contributed by atoms with E-state index in [9.17, 15) is 14.4 Å². The minimum atomic E-state index is -0.605. The summed E-state index contributed by atoms with van der Waals surface area (Å²) in [7, 11) is 0. The van der Waals surface area contributed by atoms with Crippen LogP contribution in [0.3, 0.4) is 0 Å². The lowest BCUT2D eigenvalue weighted by molar-refractivity contribution is -0.136. The van der Waals surface area contributed by atoms with Crippen molar-refractivity contribution in [2.24, 2.45) is 0 Å². The van der Waals surface area contributed by atoms with Crippen LogP contribution in [-0.2, 0) is 16.1 Å². The van der Waals surface area contributed by atoms with Gasteiger partial charge in [-0.25, -0.2) is 4.98 Å². The van der Waals surface area contributed by atoms with Gasteiger partial charge in [0.05, 0.1) is 0 Å². The normalized spacial score (nSPS) is 26.4. The van der Waals surface area contributed by atoms with Crippen molar-refractivity contribution in [3.05, 3.63) is 59.4 Å². The predicted octanol–water partition coefficient (Wildman–Crippen LogP) is 3.11. The fourth-order valence-electron chi connectivity index (χ4n) is 6.75. The van der Waals surface area contributed by atoms with Gasteiger partial charge in [-0.05, 0) is 67.1 Å². The number of imide groups is 1. The van der Waals surface area contributed by atoms with Crippen LogP contribution in [0.4, 0.5) is 0 Å². The van der Waals surface area contributed by atoms with E-state index in [1.165, 1.54) is 17.4 Å². The van der Waals surface area contributed by atoms with Crippen LogP contribution in [0, 0.1) is 0 Å². The Morgan fingerprint density at radius 1 is 1.00 bits per heavy atom. The summed E-state index contributed by atoms with van der Waals surface area (Å²) in [6.45, 7) is 2.40. The monoisotopic (exact) mass is 513 g/mol. The molecule has 4 aliphatic rings. The van der Waals surface area contributed by atoms with Gasteiger partial charge >= 0.3 is 0 Å². The molecule has 2 saturated heterocycles. The SMILES string of the molecule is O=C1CC[C@H](N2Cc3cc(O[C@H]4CCCC[C@@H]4N4CC(c5ccnc6[nH]ccc56)C4)ccc3C2=O)C(=O)N1. The zero-order valence-electron chi connectivity index (χ0n) is 21.2. The summed E-state index contributed by atoms with van der Waals surface area (Å²) in [6, 6.07) is 9.70. The highest BCUT2D eigenvalue weighted by molar-refractivity contribution is 6.05. The van der Waals surface area contributed by atoms with Crippen LogP contribution in [0.5, 0.6) is 5.75 Å². The van der Waals surface area contributed by atoms with Gasteiger partial charge in [0.15, 0.2) is 0 Å². The predicted molar refractivity (Wildman–Crippen MR) is 140 cm³/mol. The first-order valence-electron chi connectivity index (χ1n) is 13.7. The number of hydrogen-bond donors (Lipinski definition) is 2. The molecule has 3 aromatic rings. The largest absolute Gasteiger partial charge is 0.489 e. The number of benzene rings is 1. The number of aromatic amines is 1. The minimum absolute atomic E-state index is 0.107. The third-order valence-corrected chi connectivity index (χ3v) is 8.76. The molecular formula is C29H31N5O4. The Labute approximate surface area is 220 Å². The van der Waals surface area contributed by atoms with Crippen LogP contribution in [0.2, 0.25) is 0 Å². The Morgan fingerprint density at radius 2 is 1.87 bits per heavy atom. The highest BCUT2D eigenvalue weighted by Crippen LogP contribution is 2.38. The van der Waals surface area contributed by atoms with E-state index >= 15 is 0 Å². The Balaban J connectivity index is 1.03. The molecule has 2 aromatic heterocycles. The van der Waals surface area contributed by atoms with E-state index in [-0.39, 0.29) is 30.2 Å². The number of amides is 3. The lowest BCUT2D eigenvalue weighted by atomic mass is 9.84. The molecule has 3 amide bonds. The van der Waals surface area contributed by atoms with Crippen molar-refractivity contribution in [2.75, 3.05) is 13.1 Å². The van der Waals surface area contributed by atoms with Crippen LogP contribution in [0.15, 0.2) is 42.7 Å². The molecule has 5 heterocycles. The van der Waals surface area contributed by atoms with Crippen molar-refractivity contribution in [3.63, 3.8) is 0 Å². The smallest absolute Gasteiger partial charge is 0.255 e. The number of nitrogens with zero attached hydrogens (tertiary/aromatic N) is 3. The number of carbonyl (C=O) groups excluding carboxylic acids is 3. The maximum Gasteiger partial charge on any atom is 0.255 e. The van der Waals surface area contributed by atoms with Gasteiger partial charge in [-0.15, -0.1) is 0 Å². The van der Waals surface area contributed by atoms with Crippen molar-refractivity contribution in [1.82, 2.24) is 25.1 Å². The number of hydrogen-bond acceptors (Lipinski definition) is 6. The van der Waals surface area contributed by atoms with Crippen LogP contribution >= 0.6 is 0 Å². The second kappa shape index (κ2) is 9.23. The van der Waals surface area contributed by atoms with Gasteiger partial charge in [-0.2, -0.15) is 0 Å². The molecule has 3 atom stereocenters. The van der Waals surface area contributed by atoms with Crippen molar-refractivity contribution in [2.45, 2.75) is 69.2 Å². The number of fused-ring (bicyclic) bond motifs is 2. The van der Waals surface area contributed by atoms with E-state index < -0.39 is 6.04 Å². The molecule has 9 nitrogen and oxygen atoms in total. The van der Waals surface area contributed by atoms with Gasteiger partial charge in [0.2, 0.25) is 11.8 Å². The molecule has 0 unspecified atom stereocenters. The van der Waals surface area contributed by atoms with E-state index in [0.717, 1.165) is 49.3 Å². The standard InChI is InChI=1S/C29H31N5O4/c35-26-8-7-24(28(36)32-26)34-16-17-13-19(5-6-21(17)29(34)37)38-25-4-2-1-3-23(25)33-14-18(15-33)20-9-11-30-27-22(20)10-12-31-27/h5-6,9-13,18,23-25H,1-4,7-8,14-16H2,(H,30,31)(H,32,35,36)/t23-,24-,25-/m0/s1. The number of H-pyrrole nitrogens is 1. The molecule has 0 radical (unpaired) electrons. The topological polar surface area (TPSA) is 108 Å². The maximum absolute atomic E-state index is 13.0. The number of piperidine rings is 1. The van der Waals surface area contributed by atoms with Crippen LogP contribution in [0.1, 0.15) is 65.9 Å². The van der Waals surface area contributed by atoms with Gasteiger partial charge in [-0.3, -0.25) is 24.6 Å². The van der Waals surface area contributed by atoms with Crippen molar-refractivity contribution in [3.8, 4) is 5.75 Å². The lowest BCUT2D eigenvalue weighted by Gasteiger charge is -2.48. The van der Waals surface area contributed by atoms with E-state index in [2.05, 4.69) is 32.3 Å². The molecule has 1 aromatic carbocycles. The highest BCUT2D eigenvalue weighted by atomic mass is 16.5. The molecule has 38 heavy (non-hydrogen) atoms. The Bertz CT molecular complexity index is 1430. The van der Waals surface area contributed by atoms with Crippen molar-refractivity contribution >= 4 is 28.8 Å². The number of likely N-dealkylation sites (tertiary alicyclic amines) is 1. The van der Waals surface area contributed by atoms with Crippen molar-refractivity contribution in [1.29, 1.82) is 0 Å². The summed E-state index contributed by atoms with van der Waals surface area (Å²) in [4.78, 5) is 48.7. The second-order valence-electron chi connectivity index (χ2n) is 11.0. The quantitative estimate of drug-likeness (QED) is 0.508. The lowest BCUT2D eigenvalue weighted by Crippen LogP contribution is -2.57. The zero-order valence-corrected chi connectivity index (χ0v) is 21.2. The van der Waals surface area contributed by atoms with Gasteiger partial charge in [0.1, 0.15) is 23.5 Å². The summed E-state index contributed by atoms with van der Waals surface area (Å²) < 4.78 is 6.59. The van der Waals surface area contributed by atoms with Gasteiger partial charge in [0, 0.05) is 61.4 Å². The number of nitrogens with one attached hydrogen (secondary N) is 2. The molecule has 0 bridgehead atoms. The summed E-state index contributed by atoms with van der Waals surface area (Å²) in [5.41, 5.74) is 3.80. The van der Waals surface area contributed by atoms with E-state index in [1.54, 1.807) is 4.90 Å². The first kappa shape index (κ1) is 23.4. The van der Waals surface area contributed by atoms with Crippen LogP contribution in [0.25, 0.3) is 11.0 Å². The third-order valence-electron chi connectivity index (χ3n) is 8.76. The number of ether oxygens (including phenoxy) is 1. The molecule has 1 aliphatic carbocycles. The minimum Gasteiger partial charge on any atom is -0.489 e. The van der Waals surface area contributed by atoms with E-state index in [4.69, 9.17) is 4.74 Å². The number of pyridine rings is 1. The van der Waals surface area contributed by atoms with Crippen LogP contribution in [-0.4, -0.2) is 68.8 Å². The first-order chi connectivity index (χ1) is 18.5. The average molecular weight is 514 g/mol. The molecule has 0 spiro atoms. The average Bonchev–Trinajstić information content (AvgIpc) is 3.49. The maximum atomic E-state index is 13.0. The Kier molecular flexibility index (Phi) is 5.69. The van der Waals surface area contributed by atoms with Crippen molar-refractivity contribution < 1.29 is 19.1 Å². The summed E-state index contributed by atoms with van der Waals surface area (Å²) >= 11 is 0. The Morgan fingerprint density at radius 3 is 2.74 bits per heavy atom. The molecule has 7 rings (SSSR count). The summed E-state index contributed by atoms with van der Waals surface area (Å²) in [5.74, 6) is 0.457. The summed E-state index contributed by atoms with van der Waals surface area (Å²) in [6.07, 6.45) is 9.08. The number of aromatic nitrogens is 2. The number of carbonyl (C=O) groups is 3. The van der Waals surface area contributed by atoms with E-state index in [1.807, 2.05) is 30.6 Å². The van der Waals surface area contributed by atoms with E-state index in [0.29, 0.717) is 30.5 Å². The molecule has 3 fully saturated rings. The molecule has 2 N–H and O–H groups in total. The van der Waals surface area contributed by atoms with Gasteiger partial charge < -0.3 is 14.6 Å². The Hall–Kier alpha value is -3.72. The first-order valence-corrected chi connectivity index (χ1v) is 13.7. The second-order valence-corrected chi connectivity index (χ2v) is 11.0. The van der Waals surface area contributed by atoms with Gasteiger partial charge in [-0.1, -0.05) is 6.42 Å². The zero-order chi connectivity index (χ0) is 25.8. The highest BCUT2D eigenvalue weighted by Gasteiger charge is 2.41. The van der Waals surface area contributed by atoms with Crippen LogP contribution < -0.4 is 10.1 Å². The number of rotatable bonds is 5. The third kappa shape index (κ3) is 3.96. The fourth-order valence-corrected chi connectivity index (χ4v) is 6.75. The van der Waals surface area contributed by atoms with Gasteiger partial charge in [0.25, 0.3) is 5.91 Å². The molecule has 1 saturated carbocycles. The molecule has 9 heteroatoms.